The molecular formula is C10H20N2O2. The van der Waals surface area contributed by atoms with E-state index in [2.05, 4.69) is 0 Å². The van der Waals surface area contributed by atoms with E-state index in [1.165, 1.54) is 0 Å². The van der Waals surface area contributed by atoms with Gasteiger partial charge in [0.2, 0.25) is 5.91 Å². The van der Waals surface area contributed by atoms with Gasteiger partial charge in [-0.05, 0) is 26.7 Å². The zero-order valence-corrected chi connectivity index (χ0v) is 9.25. The summed E-state index contributed by atoms with van der Waals surface area (Å²) >= 11 is 0. The van der Waals surface area contributed by atoms with Gasteiger partial charge in [0, 0.05) is 20.2 Å². The molecule has 2 N–H and O–H groups in total. The van der Waals surface area contributed by atoms with E-state index in [4.69, 9.17) is 10.5 Å². The van der Waals surface area contributed by atoms with E-state index in [0.29, 0.717) is 6.54 Å². The molecule has 2 unspecified atom stereocenters. The van der Waals surface area contributed by atoms with Crippen LogP contribution in [0.25, 0.3) is 0 Å². The van der Waals surface area contributed by atoms with Crippen LogP contribution in [-0.4, -0.2) is 42.6 Å². The Morgan fingerprint density at radius 1 is 1.64 bits per heavy atom. The monoisotopic (exact) mass is 200 g/mol. The third-order valence-corrected chi connectivity index (χ3v) is 2.85. The van der Waals surface area contributed by atoms with Crippen molar-refractivity contribution in [2.45, 2.75) is 38.3 Å². The number of likely N-dealkylation sites (tertiary alicyclic amines) is 1. The van der Waals surface area contributed by atoms with Gasteiger partial charge in [-0.15, -0.1) is 0 Å². The van der Waals surface area contributed by atoms with Gasteiger partial charge in [-0.1, -0.05) is 0 Å². The lowest BCUT2D eigenvalue weighted by atomic mass is 9.94. The lowest BCUT2D eigenvalue weighted by Gasteiger charge is -2.40. The molecule has 1 rings (SSSR count). The van der Waals surface area contributed by atoms with Crippen LogP contribution in [0.1, 0.15) is 26.7 Å². The van der Waals surface area contributed by atoms with Crippen molar-refractivity contribution >= 4 is 5.91 Å². The Morgan fingerprint density at radius 3 is 2.79 bits per heavy atom. The Bertz CT molecular complexity index is 218. The van der Waals surface area contributed by atoms with Crippen molar-refractivity contribution in [2.24, 2.45) is 5.73 Å². The molecule has 1 aliphatic rings. The molecule has 1 saturated heterocycles. The fraction of sp³-hybridized carbons (Fsp3) is 0.900. The van der Waals surface area contributed by atoms with Crippen molar-refractivity contribution in [2.75, 3.05) is 20.2 Å². The fourth-order valence-electron chi connectivity index (χ4n) is 1.85. The molecule has 1 amide bonds. The summed E-state index contributed by atoms with van der Waals surface area (Å²) in [5, 5.41) is 0. The molecule has 0 saturated carbocycles. The number of methoxy groups -OCH3 is 1. The maximum Gasteiger partial charge on any atom is 0.239 e. The smallest absolute Gasteiger partial charge is 0.239 e. The van der Waals surface area contributed by atoms with Crippen molar-refractivity contribution in [3.8, 4) is 0 Å². The quantitative estimate of drug-likeness (QED) is 0.700. The number of carbonyl (C=O) groups is 1. The minimum Gasteiger partial charge on any atom is -0.377 e. The summed E-state index contributed by atoms with van der Waals surface area (Å²) in [6, 6.07) is -0.408. The van der Waals surface area contributed by atoms with Gasteiger partial charge in [-0.2, -0.15) is 0 Å². The van der Waals surface area contributed by atoms with Crippen LogP contribution >= 0.6 is 0 Å². The topological polar surface area (TPSA) is 55.6 Å². The highest BCUT2D eigenvalue weighted by Gasteiger charge is 2.33. The molecule has 0 spiro atoms. The Labute approximate surface area is 85.4 Å². The maximum atomic E-state index is 11.6. The van der Waals surface area contributed by atoms with E-state index < -0.39 is 6.04 Å². The molecule has 1 aliphatic heterocycles. The van der Waals surface area contributed by atoms with Gasteiger partial charge in [0.15, 0.2) is 0 Å². The van der Waals surface area contributed by atoms with Crippen LogP contribution < -0.4 is 5.73 Å². The summed E-state index contributed by atoms with van der Waals surface area (Å²) in [5.41, 5.74) is 5.37. The van der Waals surface area contributed by atoms with E-state index in [9.17, 15) is 4.79 Å². The standard InChI is InChI=1S/C10H20N2O2/c1-8(11)9(13)12-6-4-5-10(2,7-12)14-3/h8H,4-7,11H2,1-3H3. The highest BCUT2D eigenvalue weighted by molar-refractivity contribution is 5.81. The Kier molecular flexibility index (Phi) is 3.50. The second-order valence-corrected chi connectivity index (χ2v) is 4.31. The normalized spacial score (nSPS) is 30.1. The van der Waals surface area contributed by atoms with Gasteiger partial charge in [0.1, 0.15) is 0 Å². The summed E-state index contributed by atoms with van der Waals surface area (Å²) in [5.74, 6) is 0.0213. The zero-order chi connectivity index (χ0) is 10.8. The molecule has 14 heavy (non-hydrogen) atoms. The SMILES string of the molecule is COC1(C)CCCN(C(=O)C(C)N)C1. The molecule has 0 bridgehead atoms. The molecular weight excluding hydrogens is 180 g/mol. The van der Waals surface area contributed by atoms with E-state index in [1.54, 1.807) is 18.9 Å². The van der Waals surface area contributed by atoms with Crippen LogP contribution in [0.4, 0.5) is 0 Å². The van der Waals surface area contributed by atoms with Gasteiger partial charge in [-0.25, -0.2) is 0 Å². The van der Waals surface area contributed by atoms with Gasteiger partial charge in [0.25, 0.3) is 0 Å². The van der Waals surface area contributed by atoms with Gasteiger partial charge >= 0.3 is 0 Å². The molecule has 82 valence electrons. The molecule has 4 nitrogen and oxygen atoms in total. The first-order valence-corrected chi connectivity index (χ1v) is 5.08. The molecule has 2 atom stereocenters. The number of hydrogen-bond acceptors (Lipinski definition) is 3. The van der Waals surface area contributed by atoms with Crippen LogP contribution in [-0.2, 0) is 9.53 Å². The van der Waals surface area contributed by atoms with Crippen molar-refractivity contribution in [3.05, 3.63) is 0 Å². The van der Waals surface area contributed by atoms with E-state index in [-0.39, 0.29) is 11.5 Å². The second kappa shape index (κ2) is 4.28. The minimum atomic E-state index is -0.408. The van der Waals surface area contributed by atoms with Crippen molar-refractivity contribution in [1.82, 2.24) is 4.90 Å². The van der Waals surface area contributed by atoms with Crippen molar-refractivity contribution in [1.29, 1.82) is 0 Å². The number of piperidine rings is 1. The molecule has 4 heteroatoms. The van der Waals surface area contributed by atoms with Gasteiger partial charge in [-0.3, -0.25) is 4.79 Å². The van der Waals surface area contributed by atoms with Gasteiger partial charge < -0.3 is 15.4 Å². The largest absolute Gasteiger partial charge is 0.377 e. The predicted molar refractivity (Wildman–Crippen MR) is 54.9 cm³/mol. The number of ether oxygens (including phenoxy) is 1. The third-order valence-electron chi connectivity index (χ3n) is 2.85. The first-order valence-electron chi connectivity index (χ1n) is 5.08. The average molecular weight is 200 g/mol. The number of hydrogen-bond donors (Lipinski definition) is 1. The third kappa shape index (κ3) is 2.45. The molecule has 1 fully saturated rings. The maximum absolute atomic E-state index is 11.6. The van der Waals surface area contributed by atoms with Crippen LogP contribution in [0.15, 0.2) is 0 Å². The molecule has 0 aromatic carbocycles. The van der Waals surface area contributed by atoms with E-state index in [1.807, 2.05) is 6.92 Å². The molecule has 1 heterocycles. The highest BCUT2D eigenvalue weighted by Crippen LogP contribution is 2.23. The Balaban J connectivity index is 2.60. The first kappa shape index (κ1) is 11.5. The lowest BCUT2D eigenvalue weighted by Crippen LogP contribution is -2.53. The number of amides is 1. The van der Waals surface area contributed by atoms with Crippen LogP contribution in [0.2, 0.25) is 0 Å². The molecule has 0 aromatic rings. The molecule has 0 radical (unpaired) electrons. The van der Waals surface area contributed by atoms with Crippen LogP contribution in [0.3, 0.4) is 0 Å². The summed E-state index contributed by atoms with van der Waals surface area (Å²) in [4.78, 5) is 13.5. The minimum absolute atomic E-state index is 0.0213. The number of nitrogens with zero attached hydrogens (tertiary/aromatic N) is 1. The van der Waals surface area contributed by atoms with Crippen LogP contribution in [0, 0.1) is 0 Å². The van der Waals surface area contributed by atoms with Gasteiger partial charge in [0.05, 0.1) is 11.6 Å². The van der Waals surface area contributed by atoms with Crippen LogP contribution in [0.5, 0.6) is 0 Å². The zero-order valence-electron chi connectivity index (χ0n) is 9.25. The Hall–Kier alpha value is -0.610. The number of rotatable bonds is 2. The summed E-state index contributed by atoms with van der Waals surface area (Å²) < 4.78 is 5.40. The van der Waals surface area contributed by atoms with E-state index >= 15 is 0 Å². The fourth-order valence-corrected chi connectivity index (χ4v) is 1.85. The predicted octanol–water partition coefficient (Wildman–Crippen LogP) is 0.361. The Morgan fingerprint density at radius 2 is 2.29 bits per heavy atom. The average Bonchev–Trinajstić information content (AvgIpc) is 2.16. The summed E-state index contributed by atoms with van der Waals surface area (Å²) in [6.45, 7) is 5.22. The molecule has 0 aliphatic carbocycles. The molecule has 0 aromatic heterocycles. The first-order chi connectivity index (χ1) is 6.48. The second-order valence-electron chi connectivity index (χ2n) is 4.31. The van der Waals surface area contributed by atoms with Crippen molar-refractivity contribution in [3.63, 3.8) is 0 Å². The van der Waals surface area contributed by atoms with Crippen molar-refractivity contribution < 1.29 is 9.53 Å². The summed E-state index contributed by atoms with van der Waals surface area (Å²) in [6.07, 6.45) is 2.00. The number of nitrogens with two attached hydrogens (primary N) is 1. The highest BCUT2D eigenvalue weighted by atomic mass is 16.5. The van der Waals surface area contributed by atoms with E-state index in [0.717, 1.165) is 19.4 Å². The summed E-state index contributed by atoms with van der Waals surface area (Å²) in [7, 11) is 1.69. The lowest BCUT2D eigenvalue weighted by molar-refractivity contribution is -0.140. The number of carbonyl (C=O) groups excluding carboxylic acids is 1.